The van der Waals surface area contributed by atoms with Gasteiger partial charge in [0, 0.05) is 16.9 Å². The second-order valence-corrected chi connectivity index (χ2v) is 7.59. The van der Waals surface area contributed by atoms with Crippen LogP contribution in [0.25, 0.3) is 0 Å². The maximum absolute atomic E-state index is 12.7. The second-order valence-electron chi connectivity index (χ2n) is 7.59. The zero-order valence-corrected chi connectivity index (χ0v) is 12.8. The number of likely N-dealkylation sites (tertiary alicyclic amines) is 1. The van der Waals surface area contributed by atoms with Crippen LogP contribution in [0.5, 0.6) is 0 Å². The number of carbonyl (C=O) groups excluding carboxylic acids is 2. The number of imide groups is 1. The van der Waals surface area contributed by atoms with Crippen LogP contribution in [-0.4, -0.2) is 33.8 Å². The van der Waals surface area contributed by atoms with E-state index in [1.54, 1.807) is 20.8 Å². The molecule has 112 valence electrons. The van der Waals surface area contributed by atoms with Crippen molar-refractivity contribution in [3.63, 3.8) is 0 Å². The lowest BCUT2D eigenvalue weighted by atomic mass is 9.51. The molecule has 2 rings (SSSR count). The molecule has 0 radical (unpaired) electrons. The molecule has 5 nitrogen and oxygen atoms in total. The fourth-order valence-corrected chi connectivity index (χ4v) is 4.37. The van der Waals surface area contributed by atoms with Crippen LogP contribution in [-0.2, 0) is 14.4 Å². The molecule has 1 aliphatic heterocycles. The van der Waals surface area contributed by atoms with Gasteiger partial charge in [0.25, 0.3) is 0 Å². The molecule has 2 atom stereocenters. The summed E-state index contributed by atoms with van der Waals surface area (Å²) in [4.78, 5) is 38.3. The summed E-state index contributed by atoms with van der Waals surface area (Å²) in [6.45, 7) is 8.89. The lowest BCUT2D eigenvalue weighted by Gasteiger charge is -2.56. The Labute approximate surface area is 119 Å². The first-order valence-electron chi connectivity index (χ1n) is 7.07. The maximum atomic E-state index is 12.7. The summed E-state index contributed by atoms with van der Waals surface area (Å²) < 4.78 is 0. The van der Waals surface area contributed by atoms with Crippen LogP contribution >= 0.6 is 0 Å². The SMILES string of the molecule is CC(C)N1C(=O)C2(C)CC(C)(C(=O)O)CC(C)(C2)C1=O. The van der Waals surface area contributed by atoms with Crippen molar-refractivity contribution in [2.24, 2.45) is 16.2 Å². The molecule has 2 fully saturated rings. The molecule has 2 bridgehead atoms. The molecule has 0 aromatic carbocycles. The molecular formula is C15H23NO4. The Hall–Kier alpha value is -1.39. The fraction of sp³-hybridized carbons (Fsp3) is 0.800. The molecule has 1 saturated heterocycles. The van der Waals surface area contributed by atoms with Gasteiger partial charge < -0.3 is 5.11 Å². The lowest BCUT2D eigenvalue weighted by Crippen LogP contribution is -2.65. The maximum Gasteiger partial charge on any atom is 0.309 e. The van der Waals surface area contributed by atoms with Crippen LogP contribution in [0.4, 0.5) is 0 Å². The highest BCUT2D eigenvalue weighted by Crippen LogP contribution is 2.58. The van der Waals surface area contributed by atoms with E-state index < -0.39 is 22.2 Å². The Morgan fingerprint density at radius 2 is 1.45 bits per heavy atom. The topological polar surface area (TPSA) is 74.7 Å². The highest BCUT2D eigenvalue weighted by Gasteiger charge is 2.63. The van der Waals surface area contributed by atoms with Crippen molar-refractivity contribution in [1.29, 1.82) is 0 Å². The Balaban J connectivity index is 2.54. The molecule has 5 heteroatoms. The van der Waals surface area contributed by atoms with Gasteiger partial charge in [-0.2, -0.15) is 0 Å². The van der Waals surface area contributed by atoms with Crippen LogP contribution < -0.4 is 0 Å². The number of hydrogen-bond donors (Lipinski definition) is 1. The van der Waals surface area contributed by atoms with Crippen molar-refractivity contribution in [2.75, 3.05) is 0 Å². The molecule has 1 saturated carbocycles. The number of fused-ring (bicyclic) bond motifs is 2. The summed E-state index contributed by atoms with van der Waals surface area (Å²) in [7, 11) is 0. The number of carboxylic acids is 1. The minimum absolute atomic E-state index is 0.192. The van der Waals surface area contributed by atoms with Gasteiger partial charge in [-0.05, 0) is 40.0 Å². The number of amides is 2. The summed E-state index contributed by atoms with van der Waals surface area (Å²) >= 11 is 0. The summed E-state index contributed by atoms with van der Waals surface area (Å²) in [5, 5.41) is 9.49. The predicted octanol–water partition coefficient (Wildman–Crippen LogP) is 2.05. The molecule has 1 aliphatic carbocycles. The van der Waals surface area contributed by atoms with E-state index in [0.29, 0.717) is 19.3 Å². The highest BCUT2D eigenvalue weighted by atomic mass is 16.4. The number of nitrogens with zero attached hydrogens (tertiary/aromatic N) is 1. The van der Waals surface area contributed by atoms with E-state index in [1.807, 2.05) is 13.8 Å². The minimum Gasteiger partial charge on any atom is -0.481 e. The van der Waals surface area contributed by atoms with Crippen molar-refractivity contribution in [2.45, 2.75) is 59.9 Å². The molecule has 2 unspecified atom stereocenters. The summed E-state index contributed by atoms with van der Waals surface area (Å²) in [6.07, 6.45) is 1.03. The average molecular weight is 281 g/mol. The van der Waals surface area contributed by atoms with Gasteiger partial charge in [0.2, 0.25) is 11.8 Å². The van der Waals surface area contributed by atoms with Crippen LogP contribution in [0.3, 0.4) is 0 Å². The average Bonchev–Trinajstić information content (AvgIpc) is 2.25. The van der Waals surface area contributed by atoms with Crippen molar-refractivity contribution >= 4 is 17.8 Å². The number of hydrogen-bond acceptors (Lipinski definition) is 3. The van der Waals surface area contributed by atoms with Crippen molar-refractivity contribution < 1.29 is 19.5 Å². The molecule has 1 N–H and O–H groups in total. The first-order valence-corrected chi connectivity index (χ1v) is 7.07. The second kappa shape index (κ2) is 4.06. The third-order valence-electron chi connectivity index (χ3n) is 4.84. The van der Waals surface area contributed by atoms with Crippen LogP contribution in [0.2, 0.25) is 0 Å². The molecule has 1 heterocycles. The van der Waals surface area contributed by atoms with Gasteiger partial charge in [0.15, 0.2) is 0 Å². The molecule has 0 aromatic heterocycles. The molecule has 20 heavy (non-hydrogen) atoms. The van der Waals surface area contributed by atoms with Gasteiger partial charge in [-0.25, -0.2) is 0 Å². The Kier molecular flexibility index (Phi) is 3.04. The smallest absolute Gasteiger partial charge is 0.309 e. The number of aliphatic carboxylic acids is 1. The first-order chi connectivity index (χ1) is 8.95. The molecule has 0 aromatic rings. The molecule has 2 amide bonds. The van der Waals surface area contributed by atoms with Crippen molar-refractivity contribution in [3.05, 3.63) is 0 Å². The van der Waals surface area contributed by atoms with Crippen molar-refractivity contribution in [3.8, 4) is 0 Å². The third kappa shape index (κ3) is 1.86. The van der Waals surface area contributed by atoms with Gasteiger partial charge in [0.1, 0.15) is 0 Å². The first kappa shape index (κ1) is 15.0. The van der Waals surface area contributed by atoms with E-state index in [-0.39, 0.29) is 17.9 Å². The minimum atomic E-state index is -1.02. The summed E-state index contributed by atoms with van der Waals surface area (Å²) in [5.74, 6) is -1.36. The van der Waals surface area contributed by atoms with E-state index in [9.17, 15) is 19.5 Å². The number of carbonyl (C=O) groups is 3. The van der Waals surface area contributed by atoms with Gasteiger partial charge >= 0.3 is 5.97 Å². The lowest BCUT2D eigenvalue weighted by molar-refractivity contribution is -0.185. The van der Waals surface area contributed by atoms with Crippen molar-refractivity contribution in [1.82, 2.24) is 4.90 Å². The quantitative estimate of drug-likeness (QED) is 0.786. The molecule has 2 aliphatic rings. The number of piperidine rings is 1. The molecular weight excluding hydrogens is 258 g/mol. The van der Waals surface area contributed by atoms with E-state index in [4.69, 9.17) is 0 Å². The van der Waals surface area contributed by atoms with E-state index in [2.05, 4.69) is 0 Å². The Morgan fingerprint density at radius 1 is 1.05 bits per heavy atom. The normalized spacial score (nSPS) is 41.2. The summed E-state index contributed by atoms with van der Waals surface area (Å²) in [5.41, 5.74) is -2.55. The zero-order chi connectivity index (χ0) is 15.5. The van der Waals surface area contributed by atoms with Gasteiger partial charge in [-0.15, -0.1) is 0 Å². The zero-order valence-electron chi connectivity index (χ0n) is 12.8. The fourth-order valence-electron chi connectivity index (χ4n) is 4.37. The van der Waals surface area contributed by atoms with Crippen LogP contribution in [0.1, 0.15) is 53.9 Å². The Bertz CT molecular complexity index is 468. The summed E-state index contributed by atoms with van der Waals surface area (Å²) in [6, 6.07) is -0.192. The Morgan fingerprint density at radius 3 is 1.75 bits per heavy atom. The monoisotopic (exact) mass is 281 g/mol. The highest BCUT2D eigenvalue weighted by molar-refractivity contribution is 6.04. The molecule has 0 spiro atoms. The van der Waals surface area contributed by atoms with E-state index in [1.165, 1.54) is 4.90 Å². The largest absolute Gasteiger partial charge is 0.481 e. The van der Waals surface area contributed by atoms with Crippen LogP contribution in [0, 0.1) is 16.2 Å². The van der Waals surface area contributed by atoms with Crippen LogP contribution in [0.15, 0.2) is 0 Å². The van der Waals surface area contributed by atoms with E-state index in [0.717, 1.165) is 0 Å². The standard InChI is InChI=1S/C15H23NO4/c1-9(2)16-10(17)13(3)6-14(4,11(16)18)8-15(5,7-13)12(19)20/h9H,6-8H2,1-5H3,(H,19,20). The van der Waals surface area contributed by atoms with Gasteiger partial charge in [-0.1, -0.05) is 13.8 Å². The predicted molar refractivity (Wildman–Crippen MR) is 72.8 cm³/mol. The number of carboxylic acid groups (broad SMARTS) is 1. The number of rotatable bonds is 2. The van der Waals surface area contributed by atoms with Gasteiger partial charge in [-0.3, -0.25) is 19.3 Å². The van der Waals surface area contributed by atoms with E-state index >= 15 is 0 Å². The van der Waals surface area contributed by atoms with Gasteiger partial charge in [0.05, 0.1) is 5.41 Å². The third-order valence-corrected chi connectivity index (χ3v) is 4.84.